The highest BCUT2D eigenvalue weighted by Crippen LogP contribution is 2.21. The Hall–Kier alpha value is -1.41. The van der Waals surface area contributed by atoms with Gasteiger partial charge in [0.25, 0.3) is 0 Å². The molecule has 0 bridgehead atoms. The van der Waals surface area contributed by atoms with Crippen molar-refractivity contribution in [3.8, 4) is 11.1 Å². The van der Waals surface area contributed by atoms with E-state index in [1.165, 1.54) is 0 Å². The summed E-state index contributed by atoms with van der Waals surface area (Å²) in [7, 11) is 0. The van der Waals surface area contributed by atoms with E-state index in [9.17, 15) is 0 Å². The van der Waals surface area contributed by atoms with Gasteiger partial charge in [0.2, 0.25) is 0 Å². The van der Waals surface area contributed by atoms with Crippen molar-refractivity contribution in [2.45, 2.75) is 5.88 Å². The van der Waals surface area contributed by atoms with Crippen molar-refractivity contribution in [2.24, 2.45) is 0 Å². The molecule has 2 aromatic heterocycles. The molecule has 0 amide bonds. The summed E-state index contributed by atoms with van der Waals surface area (Å²) >= 11 is 5.80. The fourth-order valence-corrected chi connectivity index (χ4v) is 1.54. The van der Waals surface area contributed by atoms with Gasteiger partial charge in [0.15, 0.2) is 0 Å². The molecule has 0 aliphatic heterocycles. The predicted octanol–water partition coefficient (Wildman–Crippen LogP) is 2.88. The molecule has 0 aromatic carbocycles. The maximum absolute atomic E-state index is 5.80. The van der Waals surface area contributed by atoms with Crippen LogP contribution in [0.3, 0.4) is 0 Å². The first-order valence-electron chi connectivity index (χ1n) is 4.32. The van der Waals surface area contributed by atoms with E-state index in [1.807, 2.05) is 30.5 Å². The lowest BCUT2D eigenvalue weighted by Crippen LogP contribution is -1.90. The molecule has 0 saturated carbocycles. The van der Waals surface area contributed by atoms with Crippen LogP contribution < -0.4 is 0 Å². The average Bonchev–Trinajstić information content (AvgIpc) is 2.30. The summed E-state index contributed by atoms with van der Waals surface area (Å²) in [5.74, 6) is 0.422. The zero-order valence-electron chi connectivity index (χ0n) is 7.52. The van der Waals surface area contributed by atoms with Gasteiger partial charge in [0, 0.05) is 29.7 Å². The van der Waals surface area contributed by atoms with Crippen molar-refractivity contribution < 1.29 is 0 Å². The Balaban J connectivity index is 2.51. The number of nitrogens with zero attached hydrogens (tertiary/aromatic N) is 2. The van der Waals surface area contributed by atoms with Gasteiger partial charge in [0.1, 0.15) is 0 Å². The van der Waals surface area contributed by atoms with Crippen molar-refractivity contribution >= 4 is 11.6 Å². The van der Waals surface area contributed by atoms with Crippen LogP contribution in [0.1, 0.15) is 5.69 Å². The van der Waals surface area contributed by atoms with Gasteiger partial charge in [-0.3, -0.25) is 9.97 Å². The van der Waals surface area contributed by atoms with E-state index >= 15 is 0 Å². The number of alkyl halides is 1. The van der Waals surface area contributed by atoms with Crippen molar-refractivity contribution in [3.63, 3.8) is 0 Å². The monoisotopic (exact) mass is 204 g/mol. The van der Waals surface area contributed by atoms with Gasteiger partial charge in [-0.2, -0.15) is 0 Å². The van der Waals surface area contributed by atoms with Gasteiger partial charge >= 0.3 is 0 Å². The van der Waals surface area contributed by atoms with Crippen molar-refractivity contribution in [3.05, 3.63) is 48.5 Å². The third-order valence-electron chi connectivity index (χ3n) is 1.99. The van der Waals surface area contributed by atoms with Gasteiger partial charge in [-0.25, -0.2) is 0 Å². The van der Waals surface area contributed by atoms with Crippen molar-refractivity contribution in [1.82, 2.24) is 9.97 Å². The Morgan fingerprint density at radius 2 is 2.00 bits per heavy atom. The molecule has 0 atom stereocenters. The first-order valence-corrected chi connectivity index (χ1v) is 4.85. The zero-order chi connectivity index (χ0) is 9.80. The van der Waals surface area contributed by atoms with Crippen molar-refractivity contribution in [1.29, 1.82) is 0 Å². The third kappa shape index (κ3) is 1.75. The standard InChI is InChI=1S/C11H9ClN2/c12-7-11-10(4-2-6-14-11)9-3-1-5-13-8-9/h1-6,8H,7H2. The van der Waals surface area contributed by atoms with Crippen LogP contribution >= 0.6 is 11.6 Å². The molecule has 0 fully saturated rings. The molecule has 0 N–H and O–H groups in total. The van der Waals surface area contributed by atoms with Crippen LogP contribution in [0.5, 0.6) is 0 Å². The fourth-order valence-electron chi connectivity index (χ4n) is 1.33. The quantitative estimate of drug-likeness (QED) is 0.703. The Morgan fingerprint density at radius 3 is 2.71 bits per heavy atom. The number of aromatic nitrogens is 2. The van der Waals surface area contributed by atoms with E-state index in [1.54, 1.807) is 12.4 Å². The summed E-state index contributed by atoms with van der Waals surface area (Å²) in [5, 5.41) is 0. The minimum absolute atomic E-state index is 0.422. The van der Waals surface area contributed by atoms with Gasteiger partial charge in [-0.05, 0) is 12.1 Å². The maximum atomic E-state index is 5.80. The van der Waals surface area contributed by atoms with E-state index in [0.29, 0.717) is 5.88 Å². The maximum Gasteiger partial charge on any atom is 0.0653 e. The van der Waals surface area contributed by atoms with Crippen LogP contribution in [0.4, 0.5) is 0 Å². The molecule has 70 valence electrons. The van der Waals surface area contributed by atoms with E-state index in [4.69, 9.17) is 11.6 Å². The van der Waals surface area contributed by atoms with E-state index in [2.05, 4.69) is 9.97 Å². The molecule has 3 heteroatoms. The van der Waals surface area contributed by atoms with Crippen LogP contribution in [0.15, 0.2) is 42.9 Å². The van der Waals surface area contributed by atoms with E-state index in [-0.39, 0.29) is 0 Å². The second kappa shape index (κ2) is 4.20. The Morgan fingerprint density at radius 1 is 1.14 bits per heavy atom. The highest BCUT2D eigenvalue weighted by Gasteiger charge is 2.03. The number of hydrogen-bond acceptors (Lipinski definition) is 2. The normalized spacial score (nSPS) is 10.1. The topological polar surface area (TPSA) is 25.8 Å². The van der Waals surface area contributed by atoms with Gasteiger partial charge < -0.3 is 0 Å². The molecule has 0 radical (unpaired) electrons. The van der Waals surface area contributed by atoms with Crippen molar-refractivity contribution in [2.75, 3.05) is 0 Å². The average molecular weight is 205 g/mol. The molecule has 0 spiro atoms. The van der Waals surface area contributed by atoms with Gasteiger partial charge in [0.05, 0.1) is 11.6 Å². The van der Waals surface area contributed by atoms with E-state index < -0.39 is 0 Å². The van der Waals surface area contributed by atoms with Crippen LogP contribution in [0, 0.1) is 0 Å². The highest BCUT2D eigenvalue weighted by atomic mass is 35.5. The fraction of sp³-hybridized carbons (Fsp3) is 0.0909. The second-order valence-corrected chi connectivity index (χ2v) is 3.14. The summed E-state index contributed by atoms with van der Waals surface area (Å²) in [6, 6.07) is 7.81. The molecule has 0 aliphatic carbocycles. The van der Waals surface area contributed by atoms with Gasteiger partial charge in [-0.1, -0.05) is 12.1 Å². The predicted molar refractivity (Wildman–Crippen MR) is 57.0 cm³/mol. The minimum Gasteiger partial charge on any atom is -0.264 e. The van der Waals surface area contributed by atoms with Gasteiger partial charge in [-0.15, -0.1) is 11.6 Å². The molecule has 14 heavy (non-hydrogen) atoms. The molecule has 2 rings (SSSR count). The summed E-state index contributed by atoms with van der Waals surface area (Å²) in [4.78, 5) is 8.28. The molecule has 2 nitrogen and oxygen atoms in total. The Bertz CT molecular complexity index is 415. The Labute approximate surface area is 87.6 Å². The van der Waals surface area contributed by atoms with Crippen LogP contribution in [0.25, 0.3) is 11.1 Å². The summed E-state index contributed by atoms with van der Waals surface area (Å²) in [6.45, 7) is 0. The first-order chi connectivity index (χ1) is 6.92. The minimum atomic E-state index is 0.422. The number of rotatable bonds is 2. The van der Waals surface area contributed by atoms with E-state index in [0.717, 1.165) is 16.8 Å². The third-order valence-corrected chi connectivity index (χ3v) is 2.24. The molecule has 2 aromatic rings. The lowest BCUT2D eigenvalue weighted by molar-refractivity contribution is 1.17. The summed E-state index contributed by atoms with van der Waals surface area (Å²) in [6.07, 6.45) is 5.31. The van der Waals surface area contributed by atoms with Crippen LogP contribution in [0.2, 0.25) is 0 Å². The molecule has 0 saturated heterocycles. The number of pyridine rings is 2. The Kier molecular flexibility index (Phi) is 2.75. The molecule has 0 unspecified atom stereocenters. The van der Waals surface area contributed by atoms with Crippen LogP contribution in [-0.2, 0) is 5.88 Å². The summed E-state index contributed by atoms with van der Waals surface area (Å²) in [5.41, 5.74) is 2.99. The zero-order valence-corrected chi connectivity index (χ0v) is 8.28. The second-order valence-electron chi connectivity index (χ2n) is 2.87. The molecule has 0 aliphatic rings. The first kappa shape index (κ1) is 9.16. The smallest absolute Gasteiger partial charge is 0.0653 e. The number of halogens is 1. The summed E-state index contributed by atoms with van der Waals surface area (Å²) < 4.78 is 0. The lowest BCUT2D eigenvalue weighted by atomic mass is 10.1. The molecular weight excluding hydrogens is 196 g/mol. The molecular formula is C11H9ClN2. The SMILES string of the molecule is ClCc1ncccc1-c1cccnc1. The highest BCUT2D eigenvalue weighted by molar-refractivity contribution is 6.17. The molecule has 2 heterocycles. The lowest BCUT2D eigenvalue weighted by Gasteiger charge is -2.04. The number of hydrogen-bond donors (Lipinski definition) is 0. The largest absolute Gasteiger partial charge is 0.264 e. The van der Waals surface area contributed by atoms with Crippen LogP contribution in [-0.4, -0.2) is 9.97 Å².